The molecule has 1 aliphatic rings. The maximum Gasteiger partial charge on any atom is 0.394 e. The molecule has 0 bridgehead atoms. The molecule has 0 aliphatic carbocycles. The van der Waals surface area contributed by atoms with Gasteiger partial charge in [-0.2, -0.15) is 0 Å². The molecule has 1 heterocycles. The molecule has 1 aromatic rings. The minimum Gasteiger partial charge on any atom is -0.242 e. The smallest absolute Gasteiger partial charge is 0.242 e. The van der Waals surface area contributed by atoms with Gasteiger partial charge in [-0.15, -0.1) is 0 Å². The largest absolute Gasteiger partial charge is 0.394 e. The van der Waals surface area contributed by atoms with Crippen LogP contribution in [0.3, 0.4) is 0 Å². The monoisotopic (exact) mass is 209 g/mol. The number of hydrogen-bond donors (Lipinski definition) is 0. The zero-order valence-corrected chi connectivity index (χ0v) is 8.76. The SMILES string of the molecule is O=C(O[S+]1CCCC1)c1ccccc1. The van der Waals surface area contributed by atoms with Crippen molar-refractivity contribution in [2.24, 2.45) is 0 Å². The van der Waals surface area contributed by atoms with Gasteiger partial charge < -0.3 is 0 Å². The molecular formula is C11H13O2S+. The maximum absolute atomic E-state index is 11.6. The summed E-state index contributed by atoms with van der Waals surface area (Å²) in [4.78, 5) is 11.6. The molecule has 0 saturated carbocycles. The van der Waals surface area contributed by atoms with Gasteiger partial charge in [-0.3, -0.25) is 0 Å². The molecule has 1 fully saturated rings. The summed E-state index contributed by atoms with van der Waals surface area (Å²) in [6, 6.07) is 9.20. The standard InChI is InChI=1S/C11H13O2S/c12-11(10-6-2-1-3-7-10)13-14-8-4-5-9-14/h1-3,6-7H,4-5,8-9H2/q+1. The molecule has 0 spiro atoms. The number of benzene rings is 1. The van der Waals surface area contributed by atoms with Crippen molar-refractivity contribution in [1.29, 1.82) is 0 Å². The first-order valence-corrected chi connectivity index (χ1v) is 6.30. The summed E-state index contributed by atoms with van der Waals surface area (Å²) in [6.07, 6.45) is 2.40. The first kappa shape index (κ1) is 9.59. The van der Waals surface area contributed by atoms with Crippen molar-refractivity contribution in [2.75, 3.05) is 11.5 Å². The number of carbonyl (C=O) groups is 1. The Morgan fingerprint density at radius 2 is 1.79 bits per heavy atom. The Kier molecular flexibility index (Phi) is 3.09. The number of carbonyl (C=O) groups excluding carboxylic acids is 1. The number of rotatable bonds is 2. The van der Waals surface area contributed by atoms with Crippen LogP contribution in [-0.4, -0.2) is 17.5 Å². The zero-order chi connectivity index (χ0) is 9.80. The van der Waals surface area contributed by atoms with E-state index >= 15 is 0 Å². The molecule has 3 heteroatoms. The molecule has 1 aliphatic heterocycles. The molecule has 2 nitrogen and oxygen atoms in total. The molecule has 0 atom stereocenters. The van der Waals surface area contributed by atoms with Crippen molar-refractivity contribution in [1.82, 2.24) is 0 Å². The van der Waals surface area contributed by atoms with Crippen LogP contribution >= 0.6 is 0 Å². The van der Waals surface area contributed by atoms with Gasteiger partial charge in [-0.05, 0) is 12.1 Å². The second-order valence-corrected chi connectivity index (χ2v) is 5.15. The Morgan fingerprint density at radius 1 is 1.14 bits per heavy atom. The fourth-order valence-corrected chi connectivity index (χ4v) is 3.17. The van der Waals surface area contributed by atoms with Crippen LogP contribution < -0.4 is 0 Å². The highest BCUT2D eigenvalue weighted by molar-refractivity contribution is 7.92. The predicted octanol–water partition coefficient (Wildman–Crippen LogP) is 2.17. The van der Waals surface area contributed by atoms with Gasteiger partial charge in [0.25, 0.3) is 0 Å². The molecule has 0 radical (unpaired) electrons. The summed E-state index contributed by atoms with van der Waals surface area (Å²) < 4.78 is 5.39. The predicted molar refractivity (Wildman–Crippen MR) is 58.2 cm³/mol. The highest BCUT2D eigenvalue weighted by Crippen LogP contribution is 2.16. The van der Waals surface area contributed by atoms with Crippen molar-refractivity contribution in [3.63, 3.8) is 0 Å². The first-order valence-electron chi connectivity index (χ1n) is 4.81. The van der Waals surface area contributed by atoms with E-state index < -0.39 is 0 Å². The summed E-state index contributed by atoms with van der Waals surface area (Å²) in [5.74, 6) is 1.94. The van der Waals surface area contributed by atoms with Gasteiger partial charge in [0.05, 0.1) is 5.56 Å². The average molecular weight is 209 g/mol. The zero-order valence-electron chi connectivity index (χ0n) is 7.94. The van der Waals surface area contributed by atoms with E-state index in [1.54, 1.807) is 12.1 Å². The summed E-state index contributed by atoms with van der Waals surface area (Å²) in [6.45, 7) is 0. The van der Waals surface area contributed by atoms with Crippen LogP contribution in [0.15, 0.2) is 30.3 Å². The van der Waals surface area contributed by atoms with Gasteiger partial charge in [0.1, 0.15) is 0 Å². The first-order chi connectivity index (χ1) is 6.86. The Morgan fingerprint density at radius 3 is 2.43 bits per heavy atom. The van der Waals surface area contributed by atoms with E-state index in [1.165, 1.54) is 12.8 Å². The van der Waals surface area contributed by atoms with E-state index in [1.807, 2.05) is 18.2 Å². The Bertz CT molecular complexity index is 304. The van der Waals surface area contributed by atoms with Crippen LogP contribution in [-0.2, 0) is 15.4 Å². The minimum absolute atomic E-state index is 0.107. The molecular weight excluding hydrogens is 196 g/mol. The third-order valence-electron chi connectivity index (χ3n) is 2.20. The lowest BCUT2D eigenvalue weighted by molar-refractivity contribution is 0.0761. The van der Waals surface area contributed by atoms with Crippen LogP contribution in [0.25, 0.3) is 0 Å². The third-order valence-corrected chi connectivity index (χ3v) is 4.07. The van der Waals surface area contributed by atoms with E-state index in [4.69, 9.17) is 4.18 Å². The van der Waals surface area contributed by atoms with Gasteiger partial charge in [-0.1, -0.05) is 18.2 Å². The van der Waals surface area contributed by atoms with Crippen molar-refractivity contribution >= 4 is 17.1 Å². The van der Waals surface area contributed by atoms with Crippen molar-refractivity contribution in [2.45, 2.75) is 12.8 Å². The molecule has 0 unspecified atom stereocenters. The average Bonchev–Trinajstić information content (AvgIpc) is 2.72. The summed E-state index contributed by atoms with van der Waals surface area (Å²) in [5.41, 5.74) is 0.659. The quantitative estimate of drug-likeness (QED) is 0.698. The molecule has 2 rings (SSSR count). The van der Waals surface area contributed by atoms with Crippen molar-refractivity contribution < 1.29 is 8.98 Å². The van der Waals surface area contributed by atoms with Crippen LogP contribution in [0.4, 0.5) is 0 Å². The van der Waals surface area contributed by atoms with Gasteiger partial charge in [-0.25, -0.2) is 8.98 Å². The lowest BCUT2D eigenvalue weighted by Gasteiger charge is -1.99. The van der Waals surface area contributed by atoms with E-state index in [0.717, 1.165) is 11.5 Å². The Labute approximate surface area is 86.8 Å². The molecule has 0 amide bonds. The lowest BCUT2D eigenvalue weighted by Crippen LogP contribution is -2.14. The summed E-state index contributed by atoms with van der Waals surface area (Å²) in [5, 5.41) is 0. The van der Waals surface area contributed by atoms with Crippen LogP contribution in [0.1, 0.15) is 23.2 Å². The number of hydrogen-bond acceptors (Lipinski definition) is 2. The molecule has 1 saturated heterocycles. The fraction of sp³-hybridized carbons (Fsp3) is 0.364. The maximum atomic E-state index is 11.6. The molecule has 74 valence electrons. The fourth-order valence-electron chi connectivity index (χ4n) is 1.44. The lowest BCUT2D eigenvalue weighted by atomic mass is 10.2. The van der Waals surface area contributed by atoms with Crippen LogP contribution in [0.5, 0.6) is 0 Å². The van der Waals surface area contributed by atoms with Gasteiger partial charge in [0.15, 0.2) is 11.5 Å². The van der Waals surface area contributed by atoms with Crippen molar-refractivity contribution in [3.05, 3.63) is 35.9 Å². The topological polar surface area (TPSA) is 26.3 Å². The van der Waals surface area contributed by atoms with Crippen LogP contribution in [0, 0.1) is 0 Å². The van der Waals surface area contributed by atoms with E-state index in [0.29, 0.717) is 5.56 Å². The molecule has 1 aromatic carbocycles. The second kappa shape index (κ2) is 4.51. The second-order valence-electron chi connectivity index (χ2n) is 3.29. The van der Waals surface area contributed by atoms with E-state index in [9.17, 15) is 4.79 Å². The minimum atomic E-state index is -0.171. The Hall–Kier alpha value is -0.960. The van der Waals surface area contributed by atoms with E-state index in [-0.39, 0.29) is 17.1 Å². The highest BCUT2D eigenvalue weighted by Gasteiger charge is 2.30. The summed E-state index contributed by atoms with van der Waals surface area (Å²) >= 11 is -0.107. The Balaban J connectivity index is 1.95. The third kappa shape index (κ3) is 2.29. The highest BCUT2D eigenvalue weighted by atomic mass is 32.2. The normalized spacial score (nSPS) is 16.9. The van der Waals surface area contributed by atoms with Gasteiger partial charge in [0, 0.05) is 12.8 Å². The molecule has 0 N–H and O–H groups in total. The van der Waals surface area contributed by atoms with Crippen LogP contribution in [0.2, 0.25) is 0 Å². The molecule has 0 aromatic heterocycles. The van der Waals surface area contributed by atoms with E-state index in [2.05, 4.69) is 0 Å². The van der Waals surface area contributed by atoms with Crippen molar-refractivity contribution in [3.8, 4) is 0 Å². The summed E-state index contributed by atoms with van der Waals surface area (Å²) in [7, 11) is 0. The van der Waals surface area contributed by atoms with Gasteiger partial charge in [0.2, 0.25) is 11.2 Å². The molecule has 14 heavy (non-hydrogen) atoms. The van der Waals surface area contributed by atoms with Gasteiger partial charge >= 0.3 is 5.97 Å².